The minimum absolute atomic E-state index is 0.0852. The molecule has 0 saturated carbocycles. The van der Waals surface area contributed by atoms with Crippen molar-refractivity contribution in [2.24, 2.45) is 11.0 Å². The topological polar surface area (TPSA) is 59.0 Å². The molecule has 2 rings (SSSR count). The van der Waals surface area contributed by atoms with E-state index in [0.717, 1.165) is 11.4 Å². The zero-order valence-electron chi connectivity index (χ0n) is 11.7. The third-order valence-electron chi connectivity index (χ3n) is 3.21. The number of anilines is 1. The van der Waals surface area contributed by atoms with Gasteiger partial charge in [0.1, 0.15) is 0 Å². The van der Waals surface area contributed by atoms with Crippen LogP contribution in [0.1, 0.15) is 26.7 Å². The fourth-order valence-corrected chi connectivity index (χ4v) is 2.18. The van der Waals surface area contributed by atoms with Crippen molar-refractivity contribution in [3.05, 3.63) is 30.3 Å². The van der Waals surface area contributed by atoms with Crippen LogP contribution in [0.4, 0.5) is 5.69 Å². The van der Waals surface area contributed by atoms with E-state index >= 15 is 0 Å². The lowest BCUT2D eigenvalue weighted by Crippen LogP contribution is -2.27. The zero-order chi connectivity index (χ0) is 14.5. The molecule has 1 atom stereocenters. The van der Waals surface area contributed by atoms with Gasteiger partial charge in [0.15, 0.2) is 0 Å². The molecule has 1 aliphatic rings. The molecule has 1 amide bonds. The summed E-state index contributed by atoms with van der Waals surface area (Å²) in [4.78, 5) is 23.7. The van der Waals surface area contributed by atoms with E-state index < -0.39 is 0 Å². The monoisotopic (exact) mass is 274 g/mol. The van der Waals surface area contributed by atoms with Crippen molar-refractivity contribution in [2.75, 3.05) is 11.6 Å². The highest BCUT2D eigenvalue weighted by Crippen LogP contribution is 2.26. The van der Waals surface area contributed by atoms with Gasteiger partial charge in [-0.25, -0.2) is 5.01 Å². The molecule has 5 heteroatoms. The Morgan fingerprint density at radius 3 is 2.70 bits per heavy atom. The van der Waals surface area contributed by atoms with Crippen molar-refractivity contribution in [1.82, 2.24) is 0 Å². The Morgan fingerprint density at radius 2 is 2.05 bits per heavy atom. The van der Waals surface area contributed by atoms with E-state index in [9.17, 15) is 9.59 Å². The number of benzene rings is 1. The highest BCUT2D eigenvalue weighted by molar-refractivity contribution is 6.14. The highest BCUT2D eigenvalue weighted by atomic mass is 16.5. The molecule has 1 heterocycles. The molecule has 0 aliphatic carbocycles. The number of hydrazone groups is 1. The molecular weight excluding hydrogens is 256 g/mol. The lowest BCUT2D eigenvalue weighted by molar-refractivity contribution is -0.143. The summed E-state index contributed by atoms with van der Waals surface area (Å²) in [5, 5.41) is 5.70. The number of nitrogens with zero attached hydrogens (tertiary/aromatic N) is 2. The summed E-state index contributed by atoms with van der Waals surface area (Å²) >= 11 is 0. The summed E-state index contributed by atoms with van der Waals surface area (Å²) in [5.41, 5.74) is 1.48. The van der Waals surface area contributed by atoms with Gasteiger partial charge in [-0.1, -0.05) is 18.2 Å². The largest absolute Gasteiger partial charge is 0.466 e. The Morgan fingerprint density at radius 1 is 1.35 bits per heavy atom. The normalized spacial score (nSPS) is 18.1. The molecule has 5 nitrogen and oxygen atoms in total. The number of hydrogen-bond donors (Lipinski definition) is 0. The Bertz CT molecular complexity index is 525. The van der Waals surface area contributed by atoms with Crippen LogP contribution in [0.2, 0.25) is 0 Å². The van der Waals surface area contributed by atoms with Crippen molar-refractivity contribution in [3.8, 4) is 0 Å². The Labute approximate surface area is 118 Å². The number of carbonyl (C=O) groups is 2. The van der Waals surface area contributed by atoms with E-state index in [1.807, 2.05) is 37.3 Å². The third-order valence-corrected chi connectivity index (χ3v) is 3.21. The molecule has 1 unspecified atom stereocenters. The van der Waals surface area contributed by atoms with Gasteiger partial charge in [-0.3, -0.25) is 9.59 Å². The van der Waals surface area contributed by atoms with Gasteiger partial charge in [0.25, 0.3) is 5.91 Å². The minimum Gasteiger partial charge on any atom is -0.466 e. The number of ether oxygens (including phenoxy) is 1. The van der Waals surface area contributed by atoms with Crippen LogP contribution in [0.15, 0.2) is 35.4 Å². The van der Waals surface area contributed by atoms with E-state index in [2.05, 4.69) is 5.10 Å². The molecular formula is C15H18N2O3. The SMILES string of the molecule is CCOC(=O)CCC1C(=O)N(c2ccccc2)N=C1C. The summed E-state index contributed by atoms with van der Waals surface area (Å²) in [6.07, 6.45) is 0.677. The van der Waals surface area contributed by atoms with Gasteiger partial charge in [0, 0.05) is 12.1 Å². The van der Waals surface area contributed by atoms with Gasteiger partial charge < -0.3 is 4.74 Å². The van der Waals surface area contributed by atoms with Crippen LogP contribution >= 0.6 is 0 Å². The van der Waals surface area contributed by atoms with Crippen LogP contribution < -0.4 is 5.01 Å². The van der Waals surface area contributed by atoms with Crippen molar-refractivity contribution in [2.45, 2.75) is 26.7 Å². The number of amides is 1. The van der Waals surface area contributed by atoms with Gasteiger partial charge in [0.05, 0.1) is 18.2 Å². The first-order valence-electron chi connectivity index (χ1n) is 6.73. The fraction of sp³-hybridized carbons (Fsp3) is 0.400. The van der Waals surface area contributed by atoms with Crippen molar-refractivity contribution in [3.63, 3.8) is 0 Å². The maximum absolute atomic E-state index is 12.3. The molecule has 0 aromatic heterocycles. The third kappa shape index (κ3) is 3.04. The van der Waals surface area contributed by atoms with Crippen LogP contribution in [0, 0.1) is 5.92 Å². The molecule has 106 valence electrons. The predicted molar refractivity (Wildman–Crippen MR) is 76.4 cm³/mol. The lowest BCUT2D eigenvalue weighted by Gasteiger charge is -2.13. The smallest absolute Gasteiger partial charge is 0.305 e. The van der Waals surface area contributed by atoms with E-state index in [0.29, 0.717) is 13.0 Å². The Hall–Kier alpha value is -2.17. The first kappa shape index (κ1) is 14.2. The quantitative estimate of drug-likeness (QED) is 0.774. The average molecular weight is 274 g/mol. The molecule has 0 radical (unpaired) electrons. The van der Waals surface area contributed by atoms with Crippen LogP contribution in [-0.4, -0.2) is 24.2 Å². The second-order valence-corrected chi connectivity index (χ2v) is 4.62. The first-order valence-corrected chi connectivity index (χ1v) is 6.73. The Kier molecular flexibility index (Phi) is 4.50. The Balaban J connectivity index is 2.02. The summed E-state index contributed by atoms with van der Waals surface area (Å²) in [6, 6.07) is 9.28. The number of esters is 1. The number of hydrogen-bond acceptors (Lipinski definition) is 4. The molecule has 20 heavy (non-hydrogen) atoms. The predicted octanol–water partition coefficient (Wildman–Crippen LogP) is 2.37. The lowest BCUT2D eigenvalue weighted by atomic mass is 9.98. The molecule has 0 fully saturated rings. The maximum atomic E-state index is 12.3. The van der Waals surface area contributed by atoms with E-state index in [1.165, 1.54) is 5.01 Å². The highest BCUT2D eigenvalue weighted by Gasteiger charge is 2.34. The molecule has 0 saturated heterocycles. The van der Waals surface area contributed by atoms with Gasteiger partial charge in [-0.05, 0) is 32.4 Å². The second kappa shape index (κ2) is 6.32. The maximum Gasteiger partial charge on any atom is 0.305 e. The van der Waals surface area contributed by atoms with E-state index in [4.69, 9.17) is 4.74 Å². The summed E-state index contributed by atoms with van der Waals surface area (Å²) < 4.78 is 4.88. The van der Waals surface area contributed by atoms with Gasteiger partial charge >= 0.3 is 5.97 Å². The average Bonchev–Trinajstić information content (AvgIpc) is 2.73. The van der Waals surface area contributed by atoms with Gasteiger partial charge in [-0.15, -0.1) is 0 Å². The van der Waals surface area contributed by atoms with Crippen molar-refractivity contribution >= 4 is 23.3 Å². The second-order valence-electron chi connectivity index (χ2n) is 4.62. The summed E-state index contributed by atoms with van der Waals surface area (Å²) in [7, 11) is 0. The molecule has 0 spiro atoms. The van der Waals surface area contributed by atoms with Gasteiger partial charge in [0.2, 0.25) is 0 Å². The van der Waals surface area contributed by atoms with E-state index in [-0.39, 0.29) is 24.2 Å². The van der Waals surface area contributed by atoms with Gasteiger partial charge in [-0.2, -0.15) is 5.10 Å². The first-order chi connectivity index (χ1) is 9.63. The minimum atomic E-state index is -0.334. The molecule has 1 aromatic carbocycles. The molecule has 0 bridgehead atoms. The van der Waals surface area contributed by atoms with Crippen molar-refractivity contribution in [1.29, 1.82) is 0 Å². The fourth-order valence-electron chi connectivity index (χ4n) is 2.18. The molecule has 1 aromatic rings. The summed E-state index contributed by atoms with van der Waals surface area (Å²) in [5.74, 6) is -0.691. The standard InChI is InChI=1S/C15H18N2O3/c1-3-20-14(18)10-9-13-11(2)16-17(15(13)19)12-7-5-4-6-8-12/h4-8,13H,3,9-10H2,1-2H3. The number of para-hydroxylation sites is 1. The molecule has 0 N–H and O–H groups in total. The number of carbonyl (C=O) groups excluding carboxylic acids is 2. The van der Waals surface area contributed by atoms with Crippen molar-refractivity contribution < 1.29 is 14.3 Å². The summed E-state index contributed by atoms with van der Waals surface area (Å²) in [6.45, 7) is 3.94. The van der Waals surface area contributed by atoms with Crippen LogP contribution in [-0.2, 0) is 14.3 Å². The number of rotatable bonds is 5. The molecule has 1 aliphatic heterocycles. The van der Waals surface area contributed by atoms with E-state index in [1.54, 1.807) is 6.92 Å². The van der Waals surface area contributed by atoms with Crippen LogP contribution in [0.25, 0.3) is 0 Å². The zero-order valence-corrected chi connectivity index (χ0v) is 11.7. The van der Waals surface area contributed by atoms with Crippen LogP contribution in [0.3, 0.4) is 0 Å². The van der Waals surface area contributed by atoms with Crippen LogP contribution in [0.5, 0.6) is 0 Å².